The van der Waals surface area contributed by atoms with E-state index in [-0.39, 0.29) is 0 Å². The molecule has 0 saturated carbocycles. The van der Waals surface area contributed by atoms with Crippen LogP contribution < -0.4 is 0 Å². The Morgan fingerprint density at radius 3 is 2.42 bits per heavy atom. The summed E-state index contributed by atoms with van der Waals surface area (Å²) in [6, 6.07) is 17.9. The lowest BCUT2D eigenvalue weighted by atomic mass is 10.0. The highest BCUT2D eigenvalue weighted by Crippen LogP contribution is 2.29. The van der Waals surface area contributed by atoms with E-state index in [9.17, 15) is 0 Å². The molecule has 0 N–H and O–H groups in total. The summed E-state index contributed by atoms with van der Waals surface area (Å²) in [7, 11) is 0. The van der Waals surface area contributed by atoms with Crippen LogP contribution in [0.3, 0.4) is 0 Å². The maximum absolute atomic E-state index is 5.42. The van der Waals surface area contributed by atoms with Gasteiger partial charge in [0.2, 0.25) is 0 Å². The third-order valence-corrected chi connectivity index (χ3v) is 5.82. The Hall–Kier alpha value is -1.33. The van der Waals surface area contributed by atoms with Gasteiger partial charge in [0.1, 0.15) is 0 Å². The minimum absolute atomic E-state index is 0.865. The first-order chi connectivity index (χ1) is 11.9. The monoisotopic (exact) mass is 340 g/mol. The van der Waals surface area contributed by atoms with Gasteiger partial charge in [0, 0.05) is 37.6 Å². The summed E-state index contributed by atoms with van der Waals surface area (Å²) >= 11 is 1.88. The van der Waals surface area contributed by atoms with Crippen LogP contribution >= 0.6 is 11.9 Å². The Morgan fingerprint density at radius 1 is 0.875 bits per heavy atom. The van der Waals surface area contributed by atoms with Gasteiger partial charge >= 0.3 is 0 Å². The van der Waals surface area contributed by atoms with Gasteiger partial charge in [-0.05, 0) is 47.2 Å². The van der Waals surface area contributed by atoms with E-state index < -0.39 is 0 Å². The van der Waals surface area contributed by atoms with Crippen molar-refractivity contribution in [2.24, 2.45) is 0 Å². The third-order valence-electron chi connectivity index (χ3n) is 4.76. The van der Waals surface area contributed by atoms with Crippen molar-refractivity contribution in [3.05, 3.63) is 65.2 Å². The van der Waals surface area contributed by atoms with Crippen molar-refractivity contribution in [2.75, 3.05) is 32.8 Å². The molecule has 2 heterocycles. The molecule has 1 saturated heterocycles. The van der Waals surface area contributed by atoms with Gasteiger partial charge < -0.3 is 4.74 Å². The smallest absolute Gasteiger partial charge is 0.0594 e. The van der Waals surface area contributed by atoms with Crippen molar-refractivity contribution in [2.45, 2.75) is 24.4 Å². The van der Waals surface area contributed by atoms with Crippen molar-refractivity contribution >= 4 is 11.9 Å². The Morgan fingerprint density at radius 2 is 1.62 bits per heavy atom. The third kappa shape index (κ3) is 4.01. The number of hydrogen-bond acceptors (Lipinski definition) is 4. The van der Waals surface area contributed by atoms with Gasteiger partial charge in [0.05, 0.1) is 13.2 Å². The molecule has 2 aliphatic rings. The summed E-state index contributed by atoms with van der Waals surface area (Å²) in [5.41, 5.74) is 4.38. The van der Waals surface area contributed by atoms with Crippen LogP contribution in [-0.4, -0.2) is 42.1 Å². The number of fused-ring (bicyclic) bond motifs is 1. The Kier molecular flexibility index (Phi) is 5.18. The zero-order valence-corrected chi connectivity index (χ0v) is 14.8. The van der Waals surface area contributed by atoms with E-state index in [2.05, 4.69) is 57.7 Å². The van der Waals surface area contributed by atoms with Crippen molar-refractivity contribution < 1.29 is 4.74 Å². The quantitative estimate of drug-likeness (QED) is 0.790. The molecule has 0 aromatic heterocycles. The first kappa shape index (κ1) is 16.2. The molecule has 126 valence electrons. The van der Waals surface area contributed by atoms with Crippen LogP contribution in [0.2, 0.25) is 0 Å². The van der Waals surface area contributed by atoms with Crippen LogP contribution in [0.5, 0.6) is 0 Å². The van der Waals surface area contributed by atoms with E-state index in [0.717, 1.165) is 52.4 Å². The van der Waals surface area contributed by atoms with E-state index in [4.69, 9.17) is 4.74 Å². The van der Waals surface area contributed by atoms with Crippen LogP contribution in [-0.2, 0) is 24.2 Å². The second-order valence-corrected chi connectivity index (χ2v) is 7.68. The van der Waals surface area contributed by atoms with Crippen molar-refractivity contribution in [3.8, 4) is 0 Å². The van der Waals surface area contributed by atoms with Crippen molar-refractivity contribution in [1.29, 1.82) is 0 Å². The number of ether oxygens (including phenoxy) is 1. The predicted octanol–water partition coefficient (Wildman–Crippen LogP) is 3.58. The fourth-order valence-electron chi connectivity index (χ4n) is 3.37. The molecule has 0 aliphatic carbocycles. The number of rotatable bonds is 4. The van der Waals surface area contributed by atoms with Crippen LogP contribution in [0.1, 0.15) is 16.7 Å². The standard InChI is InChI=1S/C20H24N2OS/c1-2-4-19-16-22(10-9-18(19)3-1)24-20-7-5-17(6-8-20)15-21-11-13-23-14-12-21/h1-8H,9-16H2. The average molecular weight is 340 g/mol. The predicted molar refractivity (Wildman–Crippen MR) is 99.0 cm³/mol. The van der Waals surface area contributed by atoms with E-state index >= 15 is 0 Å². The summed E-state index contributed by atoms with van der Waals surface area (Å²) in [4.78, 5) is 3.80. The molecule has 2 aliphatic heterocycles. The minimum Gasteiger partial charge on any atom is -0.379 e. The fourth-order valence-corrected chi connectivity index (χ4v) is 4.31. The molecule has 2 aromatic carbocycles. The molecule has 4 heteroatoms. The lowest BCUT2D eigenvalue weighted by molar-refractivity contribution is 0.0342. The number of morpholine rings is 1. The van der Waals surface area contributed by atoms with Gasteiger partial charge in [-0.3, -0.25) is 4.90 Å². The number of benzene rings is 2. The topological polar surface area (TPSA) is 15.7 Å². The van der Waals surface area contributed by atoms with Gasteiger partial charge in [-0.25, -0.2) is 4.31 Å². The molecule has 0 spiro atoms. The second kappa shape index (κ2) is 7.70. The molecule has 0 atom stereocenters. The van der Waals surface area contributed by atoms with E-state index in [0.29, 0.717) is 0 Å². The number of hydrogen-bond donors (Lipinski definition) is 0. The fraction of sp³-hybridized carbons (Fsp3) is 0.400. The second-order valence-electron chi connectivity index (χ2n) is 6.51. The van der Waals surface area contributed by atoms with Gasteiger partial charge in [0.25, 0.3) is 0 Å². The van der Waals surface area contributed by atoms with Gasteiger partial charge in [0.15, 0.2) is 0 Å². The maximum Gasteiger partial charge on any atom is 0.0594 e. The molecular weight excluding hydrogens is 316 g/mol. The molecule has 0 bridgehead atoms. The number of nitrogens with zero attached hydrogens (tertiary/aromatic N) is 2. The van der Waals surface area contributed by atoms with Crippen LogP contribution in [0.25, 0.3) is 0 Å². The molecular formula is C20H24N2OS. The first-order valence-corrected chi connectivity index (χ1v) is 9.53. The summed E-state index contributed by atoms with van der Waals surface area (Å²) in [5.74, 6) is 0. The highest BCUT2D eigenvalue weighted by atomic mass is 32.2. The maximum atomic E-state index is 5.42. The molecule has 4 rings (SSSR count). The van der Waals surface area contributed by atoms with Gasteiger partial charge in [-0.15, -0.1) is 0 Å². The molecule has 1 fully saturated rings. The largest absolute Gasteiger partial charge is 0.379 e. The van der Waals surface area contributed by atoms with Crippen LogP contribution in [0.4, 0.5) is 0 Å². The van der Waals surface area contributed by atoms with E-state index in [1.54, 1.807) is 0 Å². The summed E-state index contributed by atoms with van der Waals surface area (Å²) in [6.07, 6.45) is 1.15. The lowest BCUT2D eigenvalue weighted by Gasteiger charge is -2.28. The molecule has 0 unspecified atom stereocenters. The van der Waals surface area contributed by atoms with Crippen LogP contribution in [0.15, 0.2) is 53.4 Å². The Balaban J connectivity index is 1.34. The first-order valence-electron chi connectivity index (χ1n) is 8.75. The Bertz CT molecular complexity index is 668. The molecule has 2 aromatic rings. The lowest BCUT2D eigenvalue weighted by Crippen LogP contribution is -2.35. The zero-order chi connectivity index (χ0) is 16.2. The minimum atomic E-state index is 0.865. The highest BCUT2D eigenvalue weighted by molar-refractivity contribution is 7.97. The molecule has 0 radical (unpaired) electrons. The molecule has 3 nitrogen and oxygen atoms in total. The summed E-state index contributed by atoms with van der Waals surface area (Å²) < 4.78 is 7.89. The molecule has 24 heavy (non-hydrogen) atoms. The average Bonchev–Trinajstić information content (AvgIpc) is 2.64. The molecule has 0 amide bonds. The normalized spacial score (nSPS) is 19.2. The summed E-state index contributed by atoms with van der Waals surface area (Å²) in [5, 5.41) is 0. The van der Waals surface area contributed by atoms with E-state index in [1.165, 1.54) is 21.6 Å². The zero-order valence-electron chi connectivity index (χ0n) is 14.0. The Labute approximate surface area is 148 Å². The van der Waals surface area contributed by atoms with Gasteiger partial charge in [-0.1, -0.05) is 36.4 Å². The van der Waals surface area contributed by atoms with Crippen LogP contribution in [0, 0.1) is 0 Å². The van der Waals surface area contributed by atoms with Crippen molar-refractivity contribution in [3.63, 3.8) is 0 Å². The summed E-state index contributed by atoms with van der Waals surface area (Å²) in [6.45, 7) is 7.01. The highest BCUT2D eigenvalue weighted by Gasteiger charge is 2.16. The van der Waals surface area contributed by atoms with Crippen molar-refractivity contribution in [1.82, 2.24) is 9.21 Å². The SMILES string of the molecule is c1ccc2c(c1)CCN(Sc1ccc(CN3CCOCC3)cc1)C2. The van der Waals surface area contributed by atoms with Gasteiger partial charge in [-0.2, -0.15) is 0 Å². The van der Waals surface area contributed by atoms with E-state index in [1.807, 2.05) is 11.9 Å².